The van der Waals surface area contributed by atoms with Gasteiger partial charge in [-0.05, 0) is 36.2 Å². The molecule has 0 aliphatic carbocycles. The second kappa shape index (κ2) is 8.24. The van der Waals surface area contributed by atoms with Gasteiger partial charge in [0.15, 0.2) is 0 Å². The zero-order valence-electron chi connectivity index (χ0n) is 16.7. The molecule has 2 heterocycles. The van der Waals surface area contributed by atoms with Crippen LogP contribution in [0.5, 0.6) is 0 Å². The number of fused-ring (bicyclic) bond motifs is 1. The maximum atomic E-state index is 12.8. The maximum Gasteiger partial charge on any atom is 0.322 e. The molecule has 0 bridgehead atoms. The van der Waals surface area contributed by atoms with Crippen molar-refractivity contribution in [3.8, 4) is 5.69 Å². The normalized spacial score (nSPS) is 13.1. The number of anilines is 1. The molecular weight excluding hydrogens is 400 g/mol. The third-order valence-corrected chi connectivity index (χ3v) is 5.81. The van der Waals surface area contributed by atoms with Crippen molar-refractivity contribution in [2.75, 3.05) is 11.9 Å². The summed E-state index contributed by atoms with van der Waals surface area (Å²) in [4.78, 5) is 26.7. The zero-order valence-corrected chi connectivity index (χ0v) is 17.4. The van der Waals surface area contributed by atoms with Crippen molar-refractivity contribution in [1.82, 2.24) is 9.47 Å². The van der Waals surface area contributed by atoms with Gasteiger partial charge < -0.3 is 20.5 Å². The molecule has 30 heavy (non-hydrogen) atoms. The quantitative estimate of drug-likeness (QED) is 0.654. The van der Waals surface area contributed by atoms with E-state index in [1.54, 1.807) is 4.90 Å². The molecule has 1 aromatic heterocycles. The first-order valence-electron chi connectivity index (χ1n) is 9.91. The number of carbonyl (C=O) groups is 2. The third-order valence-electron chi connectivity index (χ3n) is 5.45. The fraction of sp³-hybridized carbons (Fsp3) is 0.217. The van der Waals surface area contributed by atoms with Crippen LogP contribution in [-0.2, 0) is 19.4 Å². The number of primary amides is 1. The number of aryl methyl sites for hydroxylation is 1. The summed E-state index contributed by atoms with van der Waals surface area (Å²) in [6, 6.07) is 17.1. The number of urea groups is 1. The summed E-state index contributed by atoms with van der Waals surface area (Å²) in [7, 11) is 0. The second-order valence-electron chi connectivity index (χ2n) is 7.28. The summed E-state index contributed by atoms with van der Waals surface area (Å²) >= 11 is 6.58. The Morgan fingerprint density at radius 2 is 1.80 bits per heavy atom. The lowest BCUT2D eigenvalue weighted by Crippen LogP contribution is -2.39. The lowest BCUT2D eigenvalue weighted by molar-refractivity contribution is 0.0998. The molecule has 0 fully saturated rings. The summed E-state index contributed by atoms with van der Waals surface area (Å²) in [6.07, 6.45) is 1.51. The van der Waals surface area contributed by atoms with E-state index in [4.69, 9.17) is 17.3 Å². The van der Waals surface area contributed by atoms with Gasteiger partial charge in [0.05, 0.1) is 12.1 Å². The third kappa shape index (κ3) is 3.66. The molecule has 0 spiro atoms. The number of rotatable bonds is 4. The molecule has 3 aromatic rings. The van der Waals surface area contributed by atoms with E-state index in [0.717, 1.165) is 23.5 Å². The summed E-state index contributed by atoms with van der Waals surface area (Å²) in [5.41, 5.74) is 10.3. The average molecular weight is 423 g/mol. The number of aromatic nitrogens is 1. The smallest absolute Gasteiger partial charge is 0.322 e. The van der Waals surface area contributed by atoms with Gasteiger partial charge in [0, 0.05) is 35.6 Å². The predicted octanol–water partition coefficient (Wildman–Crippen LogP) is 4.38. The van der Waals surface area contributed by atoms with E-state index in [2.05, 4.69) is 12.2 Å². The summed E-state index contributed by atoms with van der Waals surface area (Å²) in [5.74, 6) is -0.594. The molecule has 0 atom stereocenters. The lowest BCUT2D eigenvalue weighted by atomic mass is 10.0. The van der Waals surface area contributed by atoms with Crippen LogP contribution in [0.15, 0.2) is 54.6 Å². The zero-order chi connectivity index (χ0) is 21.3. The van der Waals surface area contributed by atoms with Crippen LogP contribution in [0.4, 0.5) is 10.5 Å². The molecule has 1 aliphatic rings. The summed E-state index contributed by atoms with van der Waals surface area (Å²) < 4.78 is 1.86. The van der Waals surface area contributed by atoms with Gasteiger partial charge >= 0.3 is 6.03 Å². The van der Waals surface area contributed by atoms with Gasteiger partial charge in [-0.15, -0.1) is 0 Å². The Hall–Kier alpha value is -3.25. The molecule has 154 valence electrons. The Balaban J connectivity index is 1.63. The topological polar surface area (TPSA) is 80.4 Å². The highest BCUT2D eigenvalue weighted by Crippen LogP contribution is 2.34. The van der Waals surface area contributed by atoms with E-state index < -0.39 is 5.91 Å². The highest BCUT2D eigenvalue weighted by molar-refractivity contribution is 6.33. The van der Waals surface area contributed by atoms with E-state index in [1.165, 1.54) is 5.56 Å². The maximum absolute atomic E-state index is 12.8. The molecule has 6 nitrogen and oxygen atoms in total. The molecule has 2 aromatic carbocycles. The van der Waals surface area contributed by atoms with E-state index in [0.29, 0.717) is 18.5 Å². The first-order valence-corrected chi connectivity index (χ1v) is 10.3. The molecule has 7 heteroatoms. The lowest BCUT2D eigenvalue weighted by Gasteiger charge is -2.28. The van der Waals surface area contributed by atoms with Crippen molar-refractivity contribution >= 4 is 29.2 Å². The number of halogens is 1. The number of nitrogens with one attached hydrogen (secondary N) is 1. The molecular formula is C23H23ClN4O2. The number of benzene rings is 2. The SMILES string of the molecule is CCc1ccc(NC(=O)N2CCc3c(c(C(N)=O)c(Cl)n3-c3ccccc3)C2)cc1. The molecule has 0 saturated carbocycles. The van der Waals surface area contributed by atoms with Crippen LogP contribution in [0.25, 0.3) is 5.69 Å². The van der Waals surface area contributed by atoms with Gasteiger partial charge in [0.2, 0.25) is 0 Å². The summed E-state index contributed by atoms with van der Waals surface area (Å²) in [6.45, 7) is 2.87. The molecule has 0 unspecified atom stereocenters. The number of nitrogens with two attached hydrogens (primary N) is 1. The molecule has 3 N–H and O–H groups in total. The van der Waals surface area contributed by atoms with Gasteiger partial charge in [-0.1, -0.05) is 48.9 Å². The van der Waals surface area contributed by atoms with Crippen molar-refractivity contribution in [3.05, 3.63) is 82.1 Å². The number of carbonyl (C=O) groups excluding carboxylic acids is 2. The van der Waals surface area contributed by atoms with Crippen molar-refractivity contribution < 1.29 is 9.59 Å². The Bertz CT molecular complexity index is 1090. The van der Waals surface area contributed by atoms with E-state index in [1.807, 2.05) is 59.2 Å². The van der Waals surface area contributed by atoms with Gasteiger partial charge in [-0.3, -0.25) is 4.79 Å². The fourth-order valence-electron chi connectivity index (χ4n) is 3.87. The fourth-order valence-corrected chi connectivity index (χ4v) is 4.28. The van der Waals surface area contributed by atoms with Crippen molar-refractivity contribution in [1.29, 1.82) is 0 Å². The van der Waals surface area contributed by atoms with E-state index in [9.17, 15) is 9.59 Å². The van der Waals surface area contributed by atoms with Crippen LogP contribution >= 0.6 is 11.6 Å². The Labute approximate surface area is 180 Å². The molecule has 1 aliphatic heterocycles. The van der Waals surface area contributed by atoms with Gasteiger partial charge in [0.1, 0.15) is 5.15 Å². The average Bonchev–Trinajstić information content (AvgIpc) is 3.06. The number of nitrogens with zero attached hydrogens (tertiary/aromatic N) is 2. The summed E-state index contributed by atoms with van der Waals surface area (Å²) in [5, 5.41) is 3.21. The highest BCUT2D eigenvalue weighted by atomic mass is 35.5. The number of hydrogen-bond acceptors (Lipinski definition) is 2. The van der Waals surface area contributed by atoms with E-state index >= 15 is 0 Å². The van der Waals surface area contributed by atoms with Crippen LogP contribution in [-0.4, -0.2) is 28.0 Å². The minimum absolute atomic E-state index is 0.219. The minimum atomic E-state index is -0.594. The monoisotopic (exact) mass is 422 g/mol. The Morgan fingerprint density at radius 3 is 2.43 bits per heavy atom. The minimum Gasteiger partial charge on any atom is -0.365 e. The van der Waals surface area contributed by atoms with Crippen molar-refractivity contribution in [2.24, 2.45) is 5.73 Å². The van der Waals surface area contributed by atoms with Crippen LogP contribution in [0, 0.1) is 0 Å². The Kier molecular flexibility index (Phi) is 5.50. The van der Waals surface area contributed by atoms with Crippen LogP contribution < -0.4 is 11.1 Å². The van der Waals surface area contributed by atoms with Crippen LogP contribution in [0.3, 0.4) is 0 Å². The van der Waals surface area contributed by atoms with E-state index in [-0.39, 0.29) is 23.3 Å². The van der Waals surface area contributed by atoms with Crippen LogP contribution in [0.1, 0.15) is 34.1 Å². The molecule has 0 saturated heterocycles. The molecule has 4 rings (SSSR count). The first kappa shape index (κ1) is 20.0. The molecule has 3 amide bonds. The Morgan fingerprint density at radius 1 is 1.10 bits per heavy atom. The second-order valence-corrected chi connectivity index (χ2v) is 7.64. The van der Waals surface area contributed by atoms with Gasteiger partial charge in [-0.25, -0.2) is 4.79 Å². The predicted molar refractivity (Wildman–Crippen MR) is 118 cm³/mol. The number of para-hydroxylation sites is 1. The standard InChI is InChI=1S/C23H23ClN4O2/c1-2-15-8-10-16(11-9-15)26-23(30)27-13-12-19-18(14-27)20(22(25)29)21(24)28(19)17-6-4-3-5-7-17/h3-11H,2,12-14H2,1H3,(H2,25,29)(H,26,30). The van der Waals surface area contributed by atoms with Crippen LogP contribution in [0.2, 0.25) is 5.15 Å². The first-order chi connectivity index (χ1) is 14.5. The number of hydrogen-bond donors (Lipinski definition) is 2. The largest absolute Gasteiger partial charge is 0.365 e. The van der Waals surface area contributed by atoms with Crippen molar-refractivity contribution in [2.45, 2.75) is 26.3 Å². The van der Waals surface area contributed by atoms with Crippen molar-refractivity contribution in [3.63, 3.8) is 0 Å². The van der Waals surface area contributed by atoms with Gasteiger partial charge in [0.25, 0.3) is 5.91 Å². The molecule has 0 radical (unpaired) electrons. The number of amides is 3. The van der Waals surface area contributed by atoms with Gasteiger partial charge in [-0.2, -0.15) is 0 Å². The highest BCUT2D eigenvalue weighted by Gasteiger charge is 2.31.